The van der Waals surface area contributed by atoms with Crippen LogP contribution in [0.15, 0.2) is 42.5 Å². The molecule has 0 radical (unpaired) electrons. The number of nitrogens with one attached hydrogen (secondary N) is 1. The molecule has 2 aromatic rings. The van der Waals surface area contributed by atoms with E-state index in [0.29, 0.717) is 44.8 Å². The molecule has 1 aliphatic heterocycles. The Morgan fingerprint density at radius 1 is 1.12 bits per heavy atom. The fourth-order valence-corrected chi connectivity index (χ4v) is 3.62. The van der Waals surface area contributed by atoms with Gasteiger partial charge in [-0.1, -0.05) is 25.5 Å². The molecule has 2 aromatic carbocycles. The molecule has 9 heteroatoms. The third kappa shape index (κ3) is 5.88. The van der Waals surface area contributed by atoms with E-state index in [1.807, 2.05) is 18.2 Å². The average Bonchev–Trinajstić information content (AvgIpc) is 2.79. The second kappa shape index (κ2) is 10.8. The predicted molar refractivity (Wildman–Crippen MR) is 118 cm³/mol. The molecule has 0 aliphatic carbocycles. The fraction of sp³-hybridized carbons (Fsp3) is 0.391. The molecule has 0 saturated carbocycles. The van der Waals surface area contributed by atoms with Gasteiger partial charge in [-0.2, -0.15) is 0 Å². The van der Waals surface area contributed by atoms with Crippen LogP contribution in [-0.4, -0.2) is 59.3 Å². The van der Waals surface area contributed by atoms with Crippen molar-refractivity contribution in [3.05, 3.63) is 75.1 Å². The summed E-state index contributed by atoms with van der Waals surface area (Å²) in [7, 11) is 0. The summed E-state index contributed by atoms with van der Waals surface area (Å²) < 4.78 is 14.2. The van der Waals surface area contributed by atoms with E-state index in [4.69, 9.17) is 0 Å². The second-order valence-electron chi connectivity index (χ2n) is 7.80. The lowest BCUT2D eigenvalue weighted by atomic mass is 10.1. The first kappa shape index (κ1) is 23.3. The highest BCUT2D eigenvalue weighted by atomic mass is 19.1. The van der Waals surface area contributed by atoms with Gasteiger partial charge in [-0.25, -0.2) is 4.39 Å². The Morgan fingerprint density at radius 2 is 1.88 bits per heavy atom. The van der Waals surface area contributed by atoms with Crippen LogP contribution >= 0.6 is 0 Å². The number of hydrogen-bond acceptors (Lipinski definition) is 5. The zero-order valence-corrected chi connectivity index (χ0v) is 18.1. The van der Waals surface area contributed by atoms with Crippen LogP contribution < -0.4 is 5.32 Å². The van der Waals surface area contributed by atoms with Gasteiger partial charge in [0.15, 0.2) is 0 Å². The van der Waals surface area contributed by atoms with Crippen LogP contribution in [0, 0.1) is 15.9 Å². The van der Waals surface area contributed by atoms with Gasteiger partial charge in [0.25, 0.3) is 17.5 Å². The quantitative estimate of drug-likeness (QED) is 0.385. The van der Waals surface area contributed by atoms with Crippen molar-refractivity contribution in [1.29, 1.82) is 0 Å². The molecule has 1 N–H and O–H groups in total. The average molecular weight is 442 g/mol. The lowest BCUT2D eigenvalue weighted by Crippen LogP contribution is -2.48. The van der Waals surface area contributed by atoms with Crippen LogP contribution in [0.5, 0.6) is 0 Å². The summed E-state index contributed by atoms with van der Waals surface area (Å²) >= 11 is 0. The first-order chi connectivity index (χ1) is 15.4. The Labute approximate surface area is 186 Å². The highest BCUT2D eigenvalue weighted by Gasteiger charge is 2.25. The SMILES string of the molecule is CCCCNC(=O)c1cccc(CN2CCN(C(=O)c3ccc([N+](=O)[O-])cc3F)CC2)c1. The van der Waals surface area contributed by atoms with Crippen LogP contribution in [0.25, 0.3) is 0 Å². The van der Waals surface area contributed by atoms with Crippen molar-refractivity contribution in [2.75, 3.05) is 32.7 Å². The van der Waals surface area contributed by atoms with E-state index >= 15 is 0 Å². The Hall–Kier alpha value is -3.33. The third-order valence-electron chi connectivity index (χ3n) is 5.46. The zero-order chi connectivity index (χ0) is 23.1. The van der Waals surface area contributed by atoms with Crippen molar-refractivity contribution in [3.8, 4) is 0 Å². The summed E-state index contributed by atoms with van der Waals surface area (Å²) in [4.78, 5) is 38.7. The van der Waals surface area contributed by atoms with Gasteiger partial charge >= 0.3 is 0 Å². The molecule has 1 fully saturated rings. The molecule has 0 aromatic heterocycles. The standard InChI is InChI=1S/C23H27FN4O4/c1-2-3-9-25-22(29)18-6-4-5-17(14-18)16-26-10-12-27(13-11-26)23(30)20-8-7-19(28(31)32)15-21(20)24/h4-8,14-15H,2-3,9-13,16H2,1H3,(H,25,29). The van der Waals surface area contributed by atoms with Gasteiger partial charge in [-0.15, -0.1) is 0 Å². The van der Waals surface area contributed by atoms with E-state index in [1.54, 1.807) is 11.0 Å². The number of amides is 2. The summed E-state index contributed by atoms with van der Waals surface area (Å²) in [5.41, 5.74) is 1.09. The Bertz CT molecular complexity index is 990. The number of carbonyl (C=O) groups excluding carboxylic acids is 2. The van der Waals surface area contributed by atoms with Gasteiger partial charge in [0.05, 0.1) is 16.6 Å². The molecular weight excluding hydrogens is 415 g/mol. The van der Waals surface area contributed by atoms with Gasteiger partial charge in [0.2, 0.25) is 0 Å². The summed E-state index contributed by atoms with van der Waals surface area (Å²) in [6, 6.07) is 10.6. The highest BCUT2D eigenvalue weighted by Crippen LogP contribution is 2.19. The van der Waals surface area contributed by atoms with Crippen molar-refractivity contribution in [2.45, 2.75) is 26.3 Å². The molecule has 32 heavy (non-hydrogen) atoms. The first-order valence-electron chi connectivity index (χ1n) is 10.7. The molecule has 1 aliphatic rings. The molecule has 0 unspecified atom stereocenters. The number of unbranched alkanes of at least 4 members (excludes halogenated alkanes) is 1. The molecular formula is C23H27FN4O4. The summed E-state index contributed by atoms with van der Waals surface area (Å²) in [6.45, 7) is 5.43. The molecule has 1 heterocycles. The molecule has 1 saturated heterocycles. The molecule has 2 amide bonds. The minimum absolute atomic E-state index is 0.0826. The number of halogens is 1. The van der Waals surface area contributed by atoms with Gasteiger partial charge in [-0.3, -0.25) is 24.6 Å². The number of nitro groups is 1. The molecule has 0 spiro atoms. The topological polar surface area (TPSA) is 95.8 Å². The summed E-state index contributed by atoms with van der Waals surface area (Å²) in [6.07, 6.45) is 1.96. The van der Waals surface area contributed by atoms with Gasteiger partial charge in [0, 0.05) is 50.9 Å². The highest BCUT2D eigenvalue weighted by molar-refractivity contribution is 5.95. The van der Waals surface area contributed by atoms with E-state index in [1.165, 1.54) is 6.07 Å². The number of nitro benzene ring substituents is 1. The van der Waals surface area contributed by atoms with E-state index in [2.05, 4.69) is 17.1 Å². The Kier molecular flexibility index (Phi) is 7.88. The largest absolute Gasteiger partial charge is 0.352 e. The number of benzene rings is 2. The number of carbonyl (C=O) groups is 2. The smallest absolute Gasteiger partial charge is 0.272 e. The van der Waals surface area contributed by atoms with E-state index in [9.17, 15) is 24.1 Å². The first-order valence-corrected chi connectivity index (χ1v) is 10.7. The molecule has 0 atom stereocenters. The third-order valence-corrected chi connectivity index (χ3v) is 5.46. The second-order valence-corrected chi connectivity index (χ2v) is 7.80. The maximum absolute atomic E-state index is 14.2. The van der Waals surface area contributed by atoms with Crippen molar-refractivity contribution in [1.82, 2.24) is 15.1 Å². The lowest BCUT2D eigenvalue weighted by Gasteiger charge is -2.34. The minimum Gasteiger partial charge on any atom is -0.352 e. The maximum Gasteiger partial charge on any atom is 0.272 e. The lowest BCUT2D eigenvalue weighted by molar-refractivity contribution is -0.385. The number of nitrogens with zero attached hydrogens (tertiary/aromatic N) is 3. The summed E-state index contributed by atoms with van der Waals surface area (Å²) in [5.74, 6) is -1.44. The summed E-state index contributed by atoms with van der Waals surface area (Å²) in [5, 5.41) is 13.7. The number of piperazine rings is 1. The Balaban J connectivity index is 1.55. The maximum atomic E-state index is 14.2. The number of rotatable bonds is 8. The van der Waals surface area contributed by atoms with Crippen molar-refractivity contribution >= 4 is 17.5 Å². The zero-order valence-electron chi connectivity index (χ0n) is 18.1. The van der Waals surface area contributed by atoms with Gasteiger partial charge in [0.1, 0.15) is 5.82 Å². The van der Waals surface area contributed by atoms with Gasteiger partial charge in [-0.05, 0) is 30.2 Å². The van der Waals surface area contributed by atoms with Crippen molar-refractivity contribution < 1.29 is 18.9 Å². The Morgan fingerprint density at radius 3 is 2.53 bits per heavy atom. The molecule has 3 rings (SSSR count). The number of non-ortho nitro benzene ring substituents is 1. The fourth-order valence-electron chi connectivity index (χ4n) is 3.62. The number of hydrogen-bond donors (Lipinski definition) is 1. The van der Waals surface area contributed by atoms with Crippen molar-refractivity contribution in [3.63, 3.8) is 0 Å². The van der Waals surface area contributed by atoms with E-state index in [0.717, 1.165) is 30.5 Å². The van der Waals surface area contributed by atoms with Crippen LogP contribution in [-0.2, 0) is 6.54 Å². The van der Waals surface area contributed by atoms with E-state index in [-0.39, 0.29) is 17.2 Å². The van der Waals surface area contributed by atoms with Crippen LogP contribution in [0.3, 0.4) is 0 Å². The van der Waals surface area contributed by atoms with Crippen LogP contribution in [0.1, 0.15) is 46.0 Å². The van der Waals surface area contributed by atoms with Gasteiger partial charge < -0.3 is 10.2 Å². The molecule has 170 valence electrons. The minimum atomic E-state index is -0.888. The monoisotopic (exact) mass is 442 g/mol. The molecule has 0 bridgehead atoms. The molecule has 8 nitrogen and oxygen atoms in total. The predicted octanol–water partition coefficient (Wildman–Crippen LogP) is 3.22. The van der Waals surface area contributed by atoms with Crippen LogP contribution in [0.4, 0.5) is 10.1 Å². The normalized spacial score (nSPS) is 14.2. The van der Waals surface area contributed by atoms with Crippen LogP contribution in [0.2, 0.25) is 0 Å². The van der Waals surface area contributed by atoms with Crippen molar-refractivity contribution in [2.24, 2.45) is 0 Å². The van der Waals surface area contributed by atoms with E-state index < -0.39 is 16.6 Å².